The molecule has 80 valence electrons. The maximum absolute atomic E-state index is 9.63. The lowest BCUT2D eigenvalue weighted by molar-refractivity contribution is 0.140. The second-order valence-electron chi connectivity index (χ2n) is 4.44. The molecule has 0 amide bonds. The zero-order valence-corrected chi connectivity index (χ0v) is 8.98. The van der Waals surface area contributed by atoms with E-state index in [-0.39, 0.29) is 12.1 Å². The molecule has 0 aliphatic carbocycles. The predicted octanol–water partition coefficient (Wildman–Crippen LogP) is 1.31. The molecule has 3 nitrogen and oxygen atoms in total. The normalized spacial score (nSPS) is 38.5. The minimum absolute atomic E-state index is 0.161. The van der Waals surface area contributed by atoms with Crippen molar-refractivity contribution in [2.75, 3.05) is 0 Å². The first-order valence-electron chi connectivity index (χ1n) is 5.29. The van der Waals surface area contributed by atoms with E-state index in [4.69, 9.17) is 11.6 Å². The molecule has 4 atom stereocenters. The molecule has 0 unspecified atom stereocenters. The standard InChI is InChI=1S/C11H13ClN2O/c12-11-2-1-6(5-13-11)7-3-9-10(15)4-8(7)14-9/h1-2,5,7-10,14-15H,3-4H2/t7-,8-,9-,10-/m1/s1. The lowest BCUT2D eigenvalue weighted by atomic mass is 9.83. The largest absolute Gasteiger partial charge is 0.391 e. The molecular formula is C11H13ClN2O. The molecular weight excluding hydrogens is 212 g/mol. The third-order valence-electron chi connectivity index (χ3n) is 3.56. The average molecular weight is 225 g/mol. The summed E-state index contributed by atoms with van der Waals surface area (Å²) < 4.78 is 0. The second kappa shape index (κ2) is 3.44. The second-order valence-corrected chi connectivity index (χ2v) is 4.83. The van der Waals surface area contributed by atoms with Crippen LogP contribution in [0.2, 0.25) is 5.15 Å². The molecule has 2 aliphatic rings. The monoisotopic (exact) mass is 224 g/mol. The molecule has 2 bridgehead atoms. The molecule has 2 saturated heterocycles. The molecule has 0 aromatic carbocycles. The van der Waals surface area contributed by atoms with E-state index in [9.17, 15) is 5.11 Å². The van der Waals surface area contributed by atoms with E-state index in [1.807, 2.05) is 18.3 Å². The summed E-state index contributed by atoms with van der Waals surface area (Å²) in [6.45, 7) is 0. The first-order chi connectivity index (χ1) is 7.24. The van der Waals surface area contributed by atoms with Crippen molar-refractivity contribution in [2.24, 2.45) is 0 Å². The molecule has 2 N–H and O–H groups in total. The Labute approximate surface area is 93.5 Å². The van der Waals surface area contributed by atoms with Crippen LogP contribution in [0.5, 0.6) is 0 Å². The van der Waals surface area contributed by atoms with Crippen molar-refractivity contribution in [3.8, 4) is 0 Å². The number of hydrogen-bond donors (Lipinski definition) is 2. The summed E-state index contributed by atoms with van der Waals surface area (Å²) in [5, 5.41) is 13.6. The number of fused-ring (bicyclic) bond motifs is 2. The van der Waals surface area contributed by atoms with Gasteiger partial charge in [0.1, 0.15) is 5.15 Å². The summed E-state index contributed by atoms with van der Waals surface area (Å²) in [4.78, 5) is 4.10. The van der Waals surface area contributed by atoms with Gasteiger partial charge >= 0.3 is 0 Å². The maximum Gasteiger partial charge on any atom is 0.129 e. The molecule has 15 heavy (non-hydrogen) atoms. The van der Waals surface area contributed by atoms with Crippen LogP contribution in [0.4, 0.5) is 0 Å². The van der Waals surface area contributed by atoms with E-state index in [0.29, 0.717) is 17.1 Å². The molecule has 2 fully saturated rings. The van der Waals surface area contributed by atoms with Crippen molar-refractivity contribution < 1.29 is 5.11 Å². The highest BCUT2D eigenvalue weighted by molar-refractivity contribution is 6.29. The van der Waals surface area contributed by atoms with Gasteiger partial charge in [-0.1, -0.05) is 17.7 Å². The lowest BCUT2D eigenvalue weighted by Crippen LogP contribution is -2.26. The minimum atomic E-state index is -0.161. The molecule has 3 rings (SSSR count). The third-order valence-corrected chi connectivity index (χ3v) is 3.78. The van der Waals surface area contributed by atoms with Crippen LogP contribution >= 0.6 is 11.6 Å². The fourth-order valence-electron chi connectivity index (χ4n) is 2.80. The Morgan fingerprint density at radius 1 is 1.33 bits per heavy atom. The van der Waals surface area contributed by atoms with Gasteiger partial charge in [0.2, 0.25) is 0 Å². The summed E-state index contributed by atoms with van der Waals surface area (Å²) >= 11 is 5.75. The molecule has 1 aromatic rings. The quantitative estimate of drug-likeness (QED) is 0.708. The van der Waals surface area contributed by atoms with Crippen LogP contribution < -0.4 is 5.32 Å². The van der Waals surface area contributed by atoms with Gasteiger partial charge in [-0.15, -0.1) is 0 Å². The Hall–Kier alpha value is -0.640. The number of pyridine rings is 1. The summed E-state index contributed by atoms with van der Waals surface area (Å²) in [6, 6.07) is 4.55. The smallest absolute Gasteiger partial charge is 0.129 e. The summed E-state index contributed by atoms with van der Waals surface area (Å²) in [6.07, 6.45) is 3.56. The minimum Gasteiger partial charge on any atom is -0.391 e. The van der Waals surface area contributed by atoms with Crippen LogP contribution in [0.15, 0.2) is 18.3 Å². The van der Waals surface area contributed by atoms with E-state index in [1.165, 1.54) is 5.56 Å². The van der Waals surface area contributed by atoms with E-state index in [0.717, 1.165) is 12.8 Å². The fourth-order valence-corrected chi connectivity index (χ4v) is 2.91. The zero-order valence-electron chi connectivity index (χ0n) is 8.23. The van der Waals surface area contributed by atoms with E-state index < -0.39 is 0 Å². The van der Waals surface area contributed by atoms with Crippen LogP contribution in [0.1, 0.15) is 24.3 Å². The van der Waals surface area contributed by atoms with E-state index in [2.05, 4.69) is 10.3 Å². The number of hydrogen-bond acceptors (Lipinski definition) is 3. The SMILES string of the molecule is O[C@@H]1C[C@H]2N[C@@H]1C[C@@H]2c1ccc(Cl)nc1. The number of nitrogens with zero attached hydrogens (tertiary/aromatic N) is 1. The van der Waals surface area contributed by atoms with Crippen LogP contribution in [-0.4, -0.2) is 28.3 Å². The number of rotatable bonds is 1. The summed E-state index contributed by atoms with van der Waals surface area (Å²) in [7, 11) is 0. The van der Waals surface area contributed by atoms with Gasteiger partial charge in [-0.3, -0.25) is 0 Å². The zero-order chi connectivity index (χ0) is 10.4. The predicted molar refractivity (Wildman–Crippen MR) is 57.9 cm³/mol. The Balaban J connectivity index is 1.83. The number of aliphatic hydroxyl groups is 1. The van der Waals surface area contributed by atoms with Crippen LogP contribution in [0, 0.1) is 0 Å². The lowest BCUT2D eigenvalue weighted by Gasteiger charge is -2.23. The topological polar surface area (TPSA) is 45.1 Å². The van der Waals surface area contributed by atoms with Crippen LogP contribution in [0.25, 0.3) is 0 Å². The average Bonchev–Trinajstić information content (AvgIpc) is 2.77. The first kappa shape index (κ1) is 9.58. The Morgan fingerprint density at radius 3 is 2.73 bits per heavy atom. The van der Waals surface area contributed by atoms with Crippen molar-refractivity contribution in [1.82, 2.24) is 10.3 Å². The summed E-state index contributed by atoms with van der Waals surface area (Å²) in [5.41, 5.74) is 1.23. The van der Waals surface area contributed by atoms with Crippen molar-refractivity contribution in [1.29, 1.82) is 0 Å². The Morgan fingerprint density at radius 2 is 2.20 bits per heavy atom. The van der Waals surface area contributed by atoms with Gasteiger partial charge in [-0.25, -0.2) is 4.98 Å². The highest BCUT2D eigenvalue weighted by atomic mass is 35.5. The number of aromatic nitrogens is 1. The van der Waals surface area contributed by atoms with Gasteiger partial charge in [0.05, 0.1) is 6.10 Å². The molecule has 4 heteroatoms. The van der Waals surface area contributed by atoms with Crippen molar-refractivity contribution >= 4 is 11.6 Å². The van der Waals surface area contributed by atoms with Crippen molar-refractivity contribution in [3.63, 3.8) is 0 Å². The van der Waals surface area contributed by atoms with Crippen LogP contribution in [0.3, 0.4) is 0 Å². The van der Waals surface area contributed by atoms with E-state index in [1.54, 1.807) is 0 Å². The molecule has 0 saturated carbocycles. The van der Waals surface area contributed by atoms with Gasteiger partial charge in [-0.2, -0.15) is 0 Å². The summed E-state index contributed by atoms with van der Waals surface area (Å²) in [5.74, 6) is 0.489. The van der Waals surface area contributed by atoms with Crippen LogP contribution in [-0.2, 0) is 0 Å². The fraction of sp³-hybridized carbons (Fsp3) is 0.545. The van der Waals surface area contributed by atoms with Crippen molar-refractivity contribution in [3.05, 3.63) is 29.0 Å². The molecule has 3 heterocycles. The Bertz CT molecular complexity index is 365. The molecule has 1 aromatic heterocycles. The van der Waals surface area contributed by atoms with Gasteiger partial charge < -0.3 is 10.4 Å². The third kappa shape index (κ3) is 1.55. The van der Waals surface area contributed by atoms with Gasteiger partial charge in [0.15, 0.2) is 0 Å². The number of nitrogens with one attached hydrogen (secondary N) is 1. The molecule has 0 radical (unpaired) electrons. The highest BCUT2D eigenvalue weighted by Crippen LogP contribution is 2.39. The van der Waals surface area contributed by atoms with Gasteiger partial charge in [-0.05, 0) is 24.5 Å². The van der Waals surface area contributed by atoms with Gasteiger partial charge in [0.25, 0.3) is 0 Å². The molecule has 0 spiro atoms. The first-order valence-corrected chi connectivity index (χ1v) is 5.67. The number of aliphatic hydroxyl groups excluding tert-OH is 1. The van der Waals surface area contributed by atoms with Crippen molar-refractivity contribution in [2.45, 2.75) is 36.9 Å². The molecule has 2 aliphatic heterocycles. The van der Waals surface area contributed by atoms with E-state index >= 15 is 0 Å². The number of halogens is 1. The maximum atomic E-state index is 9.63. The highest BCUT2D eigenvalue weighted by Gasteiger charge is 2.45. The van der Waals surface area contributed by atoms with Gasteiger partial charge in [0, 0.05) is 24.2 Å². The Kier molecular flexibility index (Phi) is 2.20.